The van der Waals surface area contributed by atoms with Crippen LogP contribution in [0.15, 0.2) is 72.8 Å². The van der Waals surface area contributed by atoms with Crippen LogP contribution in [-0.4, -0.2) is 17.2 Å². The molecule has 0 spiro atoms. The maximum atomic E-state index is 14.0. The second-order valence-electron chi connectivity index (χ2n) is 7.99. The van der Waals surface area contributed by atoms with Gasteiger partial charge in [0, 0.05) is 21.4 Å². The van der Waals surface area contributed by atoms with Crippen molar-refractivity contribution in [3.63, 3.8) is 0 Å². The van der Waals surface area contributed by atoms with Crippen molar-refractivity contribution < 1.29 is 9.90 Å². The van der Waals surface area contributed by atoms with E-state index in [0.717, 1.165) is 12.8 Å². The molecule has 1 saturated heterocycles. The van der Waals surface area contributed by atoms with Gasteiger partial charge in [-0.05, 0) is 66.6 Å². The number of amides is 2. The van der Waals surface area contributed by atoms with Crippen molar-refractivity contribution in [3.05, 3.63) is 99.8 Å². The van der Waals surface area contributed by atoms with Crippen molar-refractivity contribution in [2.45, 2.75) is 38.0 Å². The zero-order chi connectivity index (χ0) is 23.6. The number of carbonyl (C=O) groups is 1. The van der Waals surface area contributed by atoms with Crippen LogP contribution < -0.4 is 9.80 Å². The molecule has 1 N–H and O–H groups in total. The average molecular weight is 480 g/mol. The number of hydrogen-bond donors (Lipinski definition) is 1. The van der Waals surface area contributed by atoms with Gasteiger partial charge in [0.1, 0.15) is 0 Å². The molecule has 0 aromatic heterocycles. The molecule has 0 aliphatic carbocycles. The summed E-state index contributed by atoms with van der Waals surface area (Å²) >= 11 is 12.2. The molecule has 3 aromatic carbocycles. The molecule has 1 fully saturated rings. The second-order valence-corrected chi connectivity index (χ2v) is 8.86. The molecule has 2 amide bonds. The Morgan fingerprint density at radius 2 is 1.61 bits per heavy atom. The monoisotopic (exact) mass is 479 g/mol. The molecule has 0 bridgehead atoms. The Balaban J connectivity index is 1.95. The minimum absolute atomic E-state index is 0.364. The van der Waals surface area contributed by atoms with E-state index in [1.165, 1.54) is 4.90 Å². The minimum atomic E-state index is -1.71. The number of urea groups is 1. The third-order valence-corrected chi connectivity index (χ3v) is 6.44. The van der Waals surface area contributed by atoms with E-state index in [1.54, 1.807) is 77.7 Å². The lowest BCUT2D eigenvalue weighted by molar-refractivity contribution is 0.0286. The molecule has 4 rings (SSSR count). The van der Waals surface area contributed by atoms with Gasteiger partial charge in [-0.25, -0.2) is 9.64 Å². The Bertz CT molecular complexity index is 1190. The van der Waals surface area contributed by atoms with E-state index in [9.17, 15) is 9.90 Å². The summed E-state index contributed by atoms with van der Waals surface area (Å²) in [6.45, 7) is 9.50. The first-order valence-corrected chi connectivity index (χ1v) is 11.5. The van der Waals surface area contributed by atoms with Crippen molar-refractivity contribution in [1.82, 2.24) is 0 Å². The van der Waals surface area contributed by atoms with E-state index >= 15 is 0 Å². The molecule has 0 radical (unpaired) electrons. The van der Waals surface area contributed by atoms with Crippen LogP contribution in [0.25, 0.3) is 4.85 Å². The molecule has 1 unspecified atom stereocenters. The van der Waals surface area contributed by atoms with Gasteiger partial charge in [-0.3, -0.25) is 9.80 Å². The van der Waals surface area contributed by atoms with Crippen LogP contribution in [0.1, 0.15) is 31.7 Å². The molecule has 1 aliphatic heterocycles. The fourth-order valence-electron chi connectivity index (χ4n) is 4.36. The number of unbranched alkanes of at least 4 members (excludes halogenated alkanes) is 1. The second kappa shape index (κ2) is 9.44. The fourth-order valence-corrected chi connectivity index (χ4v) is 4.61. The number of benzene rings is 3. The Labute approximate surface area is 203 Å². The molecule has 3 aromatic rings. The molecule has 0 saturated carbocycles. The highest BCUT2D eigenvalue weighted by atomic mass is 35.5. The molecule has 1 heterocycles. The maximum Gasteiger partial charge on any atom is 0.332 e. The van der Waals surface area contributed by atoms with Gasteiger partial charge in [0.25, 0.3) is 0 Å². The Morgan fingerprint density at radius 3 is 2.18 bits per heavy atom. The van der Waals surface area contributed by atoms with Crippen LogP contribution in [0.3, 0.4) is 0 Å². The smallest absolute Gasteiger partial charge is 0.332 e. The van der Waals surface area contributed by atoms with Crippen LogP contribution in [0.4, 0.5) is 21.9 Å². The van der Waals surface area contributed by atoms with E-state index in [-0.39, 0.29) is 6.03 Å². The van der Waals surface area contributed by atoms with Crippen molar-refractivity contribution in [2.75, 3.05) is 9.80 Å². The zero-order valence-corrected chi connectivity index (χ0v) is 19.6. The summed E-state index contributed by atoms with van der Waals surface area (Å²) in [5.41, 5.74) is 0.320. The quantitative estimate of drug-likeness (QED) is 0.374. The standard InChI is InChI=1S/C26H23Cl2N3O2/c1-3-4-8-24-26(33,18-6-5-7-21(17-18)29-2)31(23-15-11-20(28)12-16-23)25(32)30(24)22-13-9-19(27)10-14-22/h5-7,9-17,24,33H,3-4,8H2,1H3/t24-,26?/m1/s1. The fraction of sp³-hybridized carbons (Fsp3) is 0.231. The number of carbonyl (C=O) groups excluding carboxylic acids is 1. The number of nitrogens with zero attached hydrogens (tertiary/aromatic N) is 3. The van der Waals surface area contributed by atoms with Crippen LogP contribution in [0, 0.1) is 6.57 Å². The normalized spacial score (nSPS) is 20.2. The first-order chi connectivity index (χ1) is 15.9. The summed E-state index contributed by atoms with van der Waals surface area (Å²) in [6.07, 6.45) is 2.27. The van der Waals surface area contributed by atoms with Crippen molar-refractivity contribution >= 4 is 46.3 Å². The highest BCUT2D eigenvalue weighted by Gasteiger charge is 2.58. The van der Waals surface area contributed by atoms with Crippen LogP contribution in [-0.2, 0) is 5.72 Å². The third kappa shape index (κ3) is 4.18. The van der Waals surface area contributed by atoms with E-state index in [1.807, 2.05) is 0 Å². The van der Waals surface area contributed by atoms with Gasteiger partial charge in [-0.2, -0.15) is 0 Å². The lowest BCUT2D eigenvalue weighted by Gasteiger charge is -2.37. The lowest BCUT2D eigenvalue weighted by Crippen LogP contribution is -2.49. The molecule has 33 heavy (non-hydrogen) atoms. The predicted molar refractivity (Wildman–Crippen MR) is 133 cm³/mol. The first-order valence-electron chi connectivity index (χ1n) is 10.7. The van der Waals surface area contributed by atoms with Crippen molar-refractivity contribution in [1.29, 1.82) is 0 Å². The number of anilines is 2. The Kier molecular flexibility index (Phi) is 6.62. The van der Waals surface area contributed by atoms with E-state index in [4.69, 9.17) is 29.8 Å². The summed E-state index contributed by atoms with van der Waals surface area (Å²) in [5.74, 6) is 0. The van der Waals surface area contributed by atoms with E-state index in [0.29, 0.717) is 39.1 Å². The predicted octanol–water partition coefficient (Wildman–Crippen LogP) is 7.39. The highest BCUT2D eigenvalue weighted by molar-refractivity contribution is 6.31. The van der Waals surface area contributed by atoms with Gasteiger partial charge in [-0.1, -0.05) is 61.2 Å². The molecule has 168 valence electrons. The minimum Gasteiger partial charge on any atom is -0.365 e. The molecule has 5 nitrogen and oxygen atoms in total. The average Bonchev–Trinajstić information content (AvgIpc) is 3.06. The van der Waals surface area contributed by atoms with Crippen molar-refractivity contribution in [3.8, 4) is 0 Å². The highest BCUT2D eigenvalue weighted by Crippen LogP contribution is 2.47. The van der Waals surface area contributed by atoms with E-state index < -0.39 is 11.8 Å². The van der Waals surface area contributed by atoms with Gasteiger partial charge < -0.3 is 5.11 Å². The summed E-state index contributed by atoms with van der Waals surface area (Å²) < 4.78 is 0. The molecule has 7 heteroatoms. The maximum absolute atomic E-state index is 14.0. The number of rotatable bonds is 6. The van der Waals surface area contributed by atoms with Gasteiger partial charge in [0.15, 0.2) is 11.4 Å². The Hall–Kier alpha value is -3.04. The van der Waals surface area contributed by atoms with Crippen molar-refractivity contribution in [2.24, 2.45) is 0 Å². The van der Waals surface area contributed by atoms with Crippen LogP contribution in [0.2, 0.25) is 10.0 Å². The Morgan fingerprint density at radius 1 is 1.00 bits per heavy atom. The summed E-state index contributed by atoms with van der Waals surface area (Å²) in [6, 6.07) is 19.7. The lowest BCUT2D eigenvalue weighted by atomic mass is 9.89. The van der Waals surface area contributed by atoms with Crippen LogP contribution in [0.5, 0.6) is 0 Å². The number of halogens is 2. The first kappa shape index (κ1) is 23.1. The number of hydrogen-bond acceptors (Lipinski definition) is 2. The molecular formula is C26H23Cl2N3O2. The number of aliphatic hydroxyl groups is 1. The van der Waals surface area contributed by atoms with Gasteiger partial charge in [0.05, 0.1) is 12.6 Å². The third-order valence-electron chi connectivity index (χ3n) is 5.94. The topological polar surface area (TPSA) is 48.1 Å². The molecular weight excluding hydrogens is 457 g/mol. The molecule has 1 aliphatic rings. The summed E-state index contributed by atoms with van der Waals surface area (Å²) in [7, 11) is 0. The van der Waals surface area contributed by atoms with Gasteiger partial charge in [0.2, 0.25) is 0 Å². The largest absolute Gasteiger partial charge is 0.365 e. The SMILES string of the molecule is [C-]#[N+]c1cccc(C2(O)[C@@H](CCCC)N(c3ccc(Cl)cc3)C(=O)N2c2ccc(Cl)cc2)c1. The summed E-state index contributed by atoms with van der Waals surface area (Å²) in [5, 5.41) is 13.5. The van der Waals surface area contributed by atoms with Gasteiger partial charge >= 0.3 is 6.03 Å². The molecule has 2 atom stereocenters. The summed E-state index contributed by atoms with van der Waals surface area (Å²) in [4.78, 5) is 20.5. The van der Waals surface area contributed by atoms with Gasteiger partial charge in [-0.15, -0.1) is 0 Å². The zero-order valence-electron chi connectivity index (χ0n) is 18.1. The van der Waals surface area contributed by atoms with E-state index in [2.05, 4.69) is 11.8 Å². The van der Waals surface area contributed by atoms with Crippen LogP contribution >= 0.6 is 23.2 Å².